The summed E-state index contributed by atoms with van der Waals surface area (Å²) in [6.45, 7) is 0. The highest BCUT2D eigenvalue weighted by Crippen LogP contribution is 2.02. The first-order chi connectivity index (χ1) is 4.88. The van der Waals surface area contributed by atoms with E-state index in [0.29, 0.717) is 5.84 Å². The molecule has 2 rings (SSSR count). The van der Waals surface area contributed by atoms with Crippen LogP contribution in [0.5, 0.6) is 0 Å². The van der Waals surface area contributed by atoms with E-state index in [1.807, 2.05) is 0 Å². The van der Waals surface area contributed by atoms with E-state index in [1.165, 1.54) is 6.26 Å². The Hall–Kier alpha value is -1.56. The van der Waals surface area contributed by atoms with Gasteiger partial charge in [-0.25, -0.2) is 10.5 Å². The standard InChI is InChI=1S/C4H5N5O/c5-3-4-6-7-8-9(4)1-2-10-3/h1-2,5,7-8H. The molecule has 0 aliphatic carbocycles. The van der Waals surface area contributed by atoms with E-state index in [9.17, 15) is 0 Å². The summed E-state index contributed by atoms with van der Waals surface area (Å²) in [6, 6.07) is 0. The molecule has 0 spiro atoms. The van der Waals surface area contributed by atoms with Gasteiger partial charge in [-0.3, -0.25) is 5.41 Å². The highest BCUT2D eigenvalue weighted by molar-refractivity contribution is 6.37. The number of amidine groups is 1. The van der Waals surface area contributed by atoms with Crippen molar-refractivity contribution in [1.29, 1.82) is 5.41 Å². The zero-order chi connectivity index (χ0) is 6.97. The number of hydrazone groups is 1. The monoisotopic (exact) mass is 139 g/mol. The maximum Gasteiger partial charge on any atom is 0.258 e. The highest BCUT2D eigenvalue weighted by Gasteiger charge is 2.23. The molecule has 0 bridgehead atoms. The van der Waals surface area contributed by atoms with E-state index in [4.69, 9.17) is 10.1 Å². The lowest BCUT2D eigenvalue weighted by atomic mass is 10.5. The van der Waals surface area contributed by atoms with E-state index < -0.39 is 0 Å². The van der Waals surface area contributed by atoms with Crippen molar-refractivity contribution in [1.82, 2.24) is 16.1 Å². The molecular weight excluding hydrogens is 134 g/mol. The van der Waals surface area contributed by atoms with Gasteiger partial charge in [-0.1, -0.05) is 0 Å². The molecule has 2 aliphatic rings. The Morgan fingerprint density at radius 2 is 2.60 bits per heavy atom. The predicted molar refractivity (Wildman–Crippen MR) is 33.5 cm³/mol. The minimum atomic E-state index is 0.0278. The third kappa shape index (κ3) is 0.560. The number of hydrogen-bond acceptors (Lipinski definition) is 6. The molecule has 0 aromatic heterocycles. The van der Waals surface area contributed by atoms with Gasteiger partial charge in [0, 0.05) is 0 Å². The van der Waals surface area contributed by atoms with Crippen LogP contribution < -0.4 is 11.1 Å². The van der Waals surface area contributed by atoms with Crippen LogP contribution in [0, 0.1) is 5.41 Å². The summed E-state index contributed by atoms with van der Waals surface area (Å²) in [5.74, 6) is 0.461. The molecule has 0 amide bonds. The molecule has 0 radical (unpaired) electrons. The molecule has 0 fully saturated rings. The lowest BCUT2D eigenvalue weighted by Crippen LogP contribution is -2.41. The summed E-state index contributed by atoms with van der Waals surface area (Å²) in [6.07, 6.45) is 3.03. The number of nitrogens with zero attached hydrogens (tertiary/aromatic N) is 2. The molecule has 0 saturated carbocycles. The molecule has 0 atom stereocenters. The lowest BCUT2D eigenvalue weighted by molar-refractivity contribution is 0.349. The van der Waals surface area contributed by atoms with Crippen molar-refractivity contribution in [2.75, 3.05) is 0 Å². The molecule has 6 nitrogen and oxygen atoms in total. The normalized spacial score (nSPS) is 21.4. The first-order valence-corrected chi connectivity index (χ1v) is 2.68. The average molecular weight is 139 g/mol. The van der Waals surface area contributed by atoms with E-state index in [1.54, 1.807) is 11.2 Å². The van der Waals surface area contributed by atoms with Crippen molar-refractivity contribution in [3.63, 3.8) is 0 Å². The molecule has 2 heterocycles. The fourth-order valence-corrected chi connectivity index (χ4v) is 0.719. The Labute approximate surface area is 56.6 Å². The number of ether oxygens (including phenoxy) is 1. The van der Waals surface area contributed by atoms with Gasteiger partial charge in [0.1, 0.15) is 6.26 Å². The highest BCUT2D eigenvalue weighted by atomic mass is 16.5. The minimum absolute atomic E-state index is 0.0278. The zero-order valence-electron chi connectivity index (χ0n) is 4.96. The predicted octanol–water partition coefficient (Wildman–Crippen LogP) is -0.897. The van der Waals surface area contributed by atoms with Crippen LogP contribution in [0.1, 0.15) is 0 Å². The number of fused-ring (bicyclic) bond motifs is 1. The van der Waals surface area contributed by atoms with Crippen molar-refractivity contribution in [3.05, 3.63) is 12.5 Å². The number of hydrogen-bond donors (Lipinski definition) is 3. The van der Waals surface area contributed by atoms with Crippen LogP contribution in [-0.2, 0) is 4.74 Å². The van der Waals surface area contributed by atoms with Crippen molar-refractivity contribution in [2.45, 2.75) is 0 Å². The fraction of sp³-hybridized carbons (Fsp3) is 0. The minimum Gasteiger partial charge on any atom is -0.443 e. The molecule has 0 unspecified atom stereocenters. The van der Waals surface area contributed by atoms with Gasteiger partial charge >= 0.3 is 0 Å². The van der Waals surface area contributed by atoms with E-state index in [0.717, 1.165) is 0 Å². The van der Waals surface area contributed by atoms with Gasteiger partial charge in [0.05, 0.1) is 6.20 Å². The maximum atomic E-state index is 7.19. The summed E-state index contributed by atoms with van der Waals surface area (Å²) in [7, 11) is 0. The molecule has 3 N–H and O–H groups in total. The Kier molecular flexibility index (Phi) is 0.896. The first-order valence-electron chi connectivity index (χ1n) is 2.68. The number of rotatable bonds is 0. The largest absolute Gasteiger partial charge is 0.443 e. The van der Waals surface area contributed by atoms with Crippen molar-refractivity contribution in [2.24, 2.45) is 5.10 Å². The van der Waals surface area contributed by atoms with Crippen LogP contribution in [0.4, 0.5) is 0 Å². The van der Waals surface area contributed by atoms with E-state index >= 15 is 0 Å². The van der Waals surface area contributed by atoms with Crippen molar-refractivity contribution >= 4 is 11.7 Å². The van der Waals surface area contributed by atoms with Crippen LogP contribution >= 0.6 is 0 Å². The first kappa shape index (κ1) is 5.24. The molecule has 2 aliphatic heterocycles. The second kappa shape index (κ2) is 1.71. The second-order valence-corrected chi connectivity index (χ2v) is 1.76. The number of nitrogens with one attached hydrogen (secondary N) is 3. The van der Waals surface area contributed by atoms with Crippen LogP contribution in [0.2, 0.25) is 0 Å². The van der Waals surface area contributed by atoms with Gasteiger partial charge in [0.2, 0.25) is 5.84 Å². The third-order valence-corrected chi connectivity index (χ3v) is 1.16. The Bertz CT molecular complexity index is 232. The van der Waals surface area contributed by atoms with Gasteiger partial charge < -0.3 is 4.74 Å². The third-order valence-electron chi connectivity index (χ3n) is 1.16. The smallest absolute Gasteiger partial charge is 0.258 e. The van der Waals surface area contributed by atoms with Crippen molar-refractivity contribution in [3.8, 4) is 0 Å². The zero-order valence-corrected chi connectivity index (χ0v) is 4.96. The van der Waals surface area contributed by atoms with Crippen LogP contribution in [0.15, 0.2) is 17.6 Å². The van der Waals surface area contributed by atoms with Crippen LogP contribution in [0.25, 0.3) is 0 Å². The fourth-order valence-electron chi connectivity index (χ4n) is 0.719. The summed E-state index contributed by atoms with van der Waals surface area (Å²) < 4.78 is 4.74. The summed E-state index contributed by atoms with van der Waals surface area (Å²) >= 11 is 0. The average Bonchev–Trinajstić information content (AvgIpc) is 2.36. The molecule has 0 aromatic carbocycles. The summed E-state index contributed by atoms with van der Waals surface area (Å²) in [5, 5.41) is 12.5. The molecule has 10 heavy (non-hydrogen) atoms. The lowest BCUT2D eigenvalue weighted by Gasteiger charge is -2.16. The molecule has 6 heteroatoms. The molecule has 52 valence electrons. The Morgan fingerprint density at radius 3 is 3.40 bits per heavy atom. The van der Waals surface area contributed by atoms with Crippen LogP contribution in [-0.4, -0.2) is 16.7 Å². The second-order valence-electron chi connectivity index (χ2n) is 1.76. The van der Waals surface area contributed by atoms with Crippen molar-refractivity contribution < 1.29 is 4.74 Å². The van der Waals surface area contributed by atoms with Gasteiger partial charge in [0.25, 0.3) is 5.90 Å². The van der Waals surface area contributed by atoms with E-state index in [2.05, 4.69) is 16.2 Å². The quantitative estimate of drug-likeness (QED) is 0.407. The summed E-state index contributed by atoms with van der Waals surface area (Å²) in [5.41, 5.74) is 5.15. The van der Waals surface area contributed by atoms with Gasteiger partial charge in [0.15, 0.2) is 0 Å². The SMILES string of the molecule is N=C1OC=CN2NNN=C12. The van der Waals surface area contributed by atoms with Gasteiger partial charge in [-0.05, 0) is 0 Å². The Morgan fingerprint density at radius 1 is 1.70 bits per heavy atom. The molecule has 0 saturated heterocycles. The molecule has 0 aromatic rings. The topological polar surface area (TPSA) is 72.7 Å². The van der Waals surface area contributed by atoms with Gasteiger partial charge in [-0.15, -0.1) is 10.6 Å². The molecular formula is C4H5N5O. The van der Waals surface area contributed by atoms with E-state index in [-0.39, 0.29) is 5.90 Å². The maximum absolute atomic E-state index is 7.19. The van der Waals surface area contributed by atoms with Gasteiger partial charge in [-0.2, -0.15) is 0 Å². The summed E-state index contributed by atoms with van der Waals surface area (Å²) in [4.78, 5) is 0. The number of hydrazine groups is 2. The Balaban J connectivity index is 2.35. The van der Waals surface area contributed by atoms with Crippen LogP contribution in [0.3, 0.4) is 0 Å².